The number of aromatic nitrogens is 18. The Morgan fingerprint density at radius 2 is 0.765 bits per heavy atom. The molecule has 36 heteroatoms. The molecule has 0 aliphatic heterocycles. The highest BCUT2D eigenvalue weighted by atomic mass is 32.1. The minimum atomic E-state index is -0.426. The number of imidazole rings is 4. The van der Waals surface area contributed by atoms with Crippen molar-refractivity contribution in [3.8, 4) is 43.4 Å². The number of hydrogen-bond acceptors (Lipinski definition) is 22. The molecule has 0 fully saturated rings. The van der Waals surface area contributed by atoms with Gasteiger partial charge in [0.25, 0.3) is 22.2 Å². The monoisotopic (exact) mass is 1680 g/mol. The summed E-state index contributed by atoms with van der Waals surface area (Å²) in [7, 11) is 12.1. The van der Waals surface area contributed by atoms with Crippen molar-refractivity contribution in [2.45, 2.75) is 84.5 Å². The molecule has 0 aliphatic rings. The number of ketones is 2. The van der Waals surface area contributed by atoms with Crippen LogP contribution in [-0.4, -0.2) is 108 Å². The van der Waals surface area contributed by atoms with Crippen LogP contribution in [0, 0.1) is 6.92 Å². The van der Waals surface area contributed by atoms with Crippen molar-refractivity contribution >= 4 is 125 Å². The standard InChI is InChI=1S/3C21H21N5O3S.C20H19N5O3S/c1-13-23-17(11-30-13)15-6-4-14(5-7-15)10-16(27)8-9-26-12-22-19-18(26)20(28)25(3)21(29)24(19)2;1-24-19-18(20(28)25(2)21(24)29)26(13-22-19)11-3-6-17(27)23-15-9-7-14(8-10-15)16-5-4-12-30-16;1-24-19-18(20(28)25(2)21(24)29)26(13-22-19)10-3-4-17(27)23-16-7-5-14(6-8-16)15-9-11-30-12-15;1-23-17-16(19(27)24(2)20(23)28)25(12-22-17)9-7-15(26)11-13-3-5-14(6-4-13)18-21-8-10-29-18/h4-7,11-12H,8-10H2,1-3H3;4-5,7-10,12-13H,3,6,11H2,1-2H3,(H,23,27);5-9,11-13H,3-4,10H2,1-2H3,(H,23,27);3-6,8,10,12H,7,9,11H2,1-2H3. The number of thiophene rings is 2. The Bertz CT molecular complexity index is 6740. The van der Waals surface area contributed by atoms with Crippen LogP contribution in [0.25, 0.3) is 88.1 Å². The lowest BCUT2D eigenvalue weighted by atomic mass is 10.0. The lowest BCUT2D eigenvalue weighted by Crippen LogP contribution is -2.37. The van der Waals surface area contributed by atoms with Gasteiger partial charge in [0, 0.05) is 165 Å². The molecule has 12 aromatic heterocycles. The zero-order valence-electron chi connectivity index (χ0n) is 66.3. The Hall–Kier alpha value is -13.6. The minimum absolute atomic E-state index is 0.0653. The van der Waals surface area contributed by atoms with E-state index >= 15 is 0 Å². The van der Waals surface area contributed by atoms with Gasteiger partial charge < -0.3 is 28.9 Å². The molecule has 12 heterocycles. The minimum Gasteiger partial charge on any atom is -0.326 e. The van der Waals surface area contributed by atoms with E-state index in [1.54, 1.807) is 98.0 Å². The first-order valence-corrected chi connectivity index (χ1v) is 41.1. The molecular weight excluding hydrogens is 1600 g/mol. The molecule has 610 valence electrons. The summed E-state index contributed by atoms with van der Waals surface area (Å²) < 4.78 is 16.3. The van der Waals surface area contributed by atoms with E-state index in [2.05, 4.69) is 58.1 Å². The number of Topliss-reactive ketones (excluding diaryl/α,β-unsaturated/α-hetero) is 2. The Morgan fingerprint density at radius 1 is 0.370 bits per heavy atom. The van der Waals surface area contributed by atoms with Gasteiger partial charge in [-0.15, -0.1) is 34.0 Å². The summed E-state index contributed by atoms with van der Waals surface area (Å²) in [6.45, 7) is 3.54. The van der Waals surface area contributed by atoms with Gasteiger partial charge in [0.05, 0.1) is 36.0 Å². The highest BCUT2D eigenvalue weighted by Crippen LogP contribution is 2.28. The van der Waals surface area contributed by atoms with E-state index in [1.165, 1.54) is 76.6 Å². The zero-order chi connectivity index (χ0) is 84.5. The second-order valence-electron chi connectivity index (χ2n) is 28.1. The molecule has 16 aromatic rings. The largest absolute Gasteiger partial charge is 0.332 e. The molecule has 0 spiro atoms. The molecular formula is C83H82N20O12S4. The quantitative estimate of drug-likeness (QED) is 0.0569. The number of nitrogens with one attached hydrogen (secondary N) is 2. The summed E-state index contributed by atoms with van der Waals surface area (Å²) >= 11 is 6.50. The van der Waals surface area contributed by atoms with Crippen molar-refractivity contribution in [1.82, 2.24) is 84.7 Å². The first kappa shape index (κ1) is 83.4. The molecule has 0 aliphatic carbocycles. The normalized spacial score (nSPS) is 11.2. The van der Waals surface area contributed by atoms with Gasteiger partial charge >= 0.3 is 22.8 Å². The number of carbonyl (C=O) groups is 4. The van der Waals surface area contributed by atoms with Gasteiger partial charge in [-0.2, -0.15) is 11.3 Å². The van der Waals surface area contributed by atoms with Crippen molar-refractivity contribution in [2.24, 2.45) is 56.4 Å². The molecule has 0 bridgehead atoms. The van der Waals surface area contributed by atoms with Gasteiger partial charge in [-0.3, -0.25) is 74.9 Å². The van der Waals surface area contributed by atoms with Crippen LogP contribution in [0.1, 0.15) is 54.7 Å². The van der Waals surface area contributed by atoms with Crippen LogP contribution in [0.4, 0.5) is 11.4 Å². The Balaban J connectivity index is 0.000000137. The summed E-state index contributed by atoms with van der Waals surface area (Å²) in [6.07, 6.45) is 10.7. The summed E-state index contributed by atoms with van der Waals surface area (Å²) in [5.41, 5.74) is 9.20. The maximum absolute atomic E-state index is 12.5. The predicted molar refractivity (Wildman–Crippen MR) is 463 cm³/mol. The van der Waals surface area contributed by atoms with E-state index in [9.17, 15) is 57.5 Å². The second kappa shape index (κ2) is 36.7. The van der Waals surface area contributed by atoms with Crippen LogP contribution in [0.15, 0.2) is 212 Å². The molecule has 119 heavy (non-hydrogen) atoms. The molecule has 0 unspecified atom stereocenters. The summed E-state index contributed by atoms with van der Waals surface area (Å²) in [5.74, 6) is -0.0576. The molecule has 0 atom stereocenters. The third-order valence-corrected chi connectivity index (χ3v) is 23.2. The summed E-state index contributed by atoms with van der Waals surface area (Å²) in [4.78, 5) is 174. The third kappa shape index (κ3) is 18.6. The average molecular weight is 1680 g/mol. The van der Waals surface area contributed by atoms with Crippen molar-refractivity contribution in [3.63, 3.8) is 0 Å². The maximum atomic E-state index is 12.5. The first-order chi connectivity index (χ1) is 57.2. The topological polar surface area (TPSA) is 365 Å². The maximum Gasteiger partial charge on any atom is 0.332 e. The fourth-order valence-electron chi connectivity index (χ4n) is 13.4. The molecule has 2 amide bonds. The van der Waals surface area contributed by atoms with Crippen LogP contribution in [0.5, 0.6) is 0 Å². The summed E-state index contributed by atoms with van der Waals surface area (Å²) in [6, 6.07) is 37.3. The fourth-order valence-corrected chi connectivity index (χ4v) is 16.1. The first-order valence-electron chi connectivity index (χ1n) is 37.5. The Labute approximate surface area is 692 Å². The number of aryl methyl sites for hydroxylation is 9. The van der Waals surface area contributed by atoms with Crippen LogP contribution in [0.2, 0.25) is 0 Å². The number of thiazole rings is 2. The Morgan fingerprint density at radius 3 is 1.13 bits per heavy atom. The molecule has 0 radical (unpaired) electrons. The number of anilines is 2. The highest BCUT2D eigenvalue weighted by molar-refractivity contribution is 7.13. The number of amides is 2. The smallest absolute Gasteiger partial charge is 0.326 e. The van der Waals surface area contributed by atoms with Gasteiger partial charge in [-0.05, 0) is 100 Å². The fraction of sp³-hybridized carbons (Fsp3) is 0.253. The molecule has 16 rings (SSSR count). The highest BCUT2D eigenvalue weighted by Gasteiger charge is 2.21. The van der Waals surface area contributed by atoms with E-state index < -0.39 is 33.9 Å². The van der Waals surface area contributed by atoms with Crippen LogP contribution >= 0.6 is 45.3 Å². The van der Waals surface area contributed by atoms with Gasteiger partial charge in [0.2, 0.25) is 11.8 Å². The number of benzene rings is 4. The number of hydrogen-bond donors (Lipinski definition) is 2. The predicted octanol–water partition coefficient (Wildman–Crippen LogP) is 8.99. The number of nitrogens with zero attached hydrogens (tertiary/aromatic N) is 18. The van der Waals surface area contributed by atoms with Crippen molar-refractivity contribution in [3.05, 3.63) is 273 Å². The molecule has 2 N–H and O–H groups in total. The van der Waals surface area contributed by atoms with E-state index in [0.717, 1.165) is 84.3 Å². The number of carbonyl (C=O) groups excluding carboxylic acids is 4. The Kier molecular flexibility index (Phi) is 25.7. The van der Waals surface area contributed by atoms with Crippen molar-refractivity contribution < 1.29 is 19.2 Å². The molecule has 4 aromatic carbocycles. The van der Waals surface area contributed by atoms with Gasteiger partial charge in [-0.1, -0.05) is 78.9 Å². The van der Waals surface area contributed by atoms with Crippen LogP contribution in [-0.2, 0) is 115 Å². The third-order valence-electron chi connectivity index (χ3n) is 20.0. The lowest BCUT2D eigenvalue weighted by Gasteiger charge is -2.08. The van der Waals surface area contributed by atoms with Gasteiger partial charge in [0.1, 0.15) is 16.6 Å². The number of rotatable bonds is 24. The van der Waals surface area contributed by atoms with E-state index in [0.29, 0.717) is 109 Å². The van der Waals surface area contributed by atoms with E-state index in [-0.39, 0.29) is 47.3 Å². The zero-order valence-corrected chi connectivity index (χ0v) is 69.6. The van der Waals surface area contributed by atoms with Crippen molar-refractivity contribution in [2.75, 3.05) is 10.6 Å². The molecule has 0 saturated heterocycles. The lowest BCUT2D eigenvalue weighted by molar-refractivity contribution is -0.119. The van der Waals surface area contributed by atoms with Gasteiger partial charge in [0.15, 0.2) is 44.7 Å². The van der Waals surface area contributed by atoms with E-state index in [1.807, 2.05) is 132 Å². The number of fused-ring (bicyclic) bond motifs is 4. The van der Waals surface area contributed by atoms with E-state index in [4.69, 9.17) is 0 Å². The SMILES string of the molecule is Cc1nc(-c2ccc(CC(=O)CCn3cnc4c3c(=O)n(C)c(=O)n4C)cc2)cs1.Cn1c(=O)c2c(ncn2CCC(=O)Cc2ccc(-c3nccs3)cc2)n(C)c1=O.Cn1c(=O)c2c(ncn2CCCC(=O)Nc2ccc(-c3cccs3)cc2)n(C)c1=O.Cn1c(=O)c2c(ncn2CCCC(=O)Nc2ccc(-c3ccsc3)cc2)n(C)c1=O. The van der Waals surface area contributed by atoms with Crippen LogP contribution < -0.4 is 55.6 Å². The van der Waals surface area contributed by atoms with Crippen molar-refractivity contribution in [1.29, 1.82) is 0 Å². The second-order valence-corrected chi connectivity index (χ2v) is 31.8. The van der Waals surface area contributed by atoms with Gasteiger partial charge in [-0.25, -0.2) is 49.1 Å². The summed E-state index contributed by atoms with van der Waals surface area (Å²) in [5, 5.41) is 17.9. The average Bonchev–Trinajstić information content (AvgIpc) is 1.67. The molecule has 0 saturated carbocycles. The van der Waals surface area contributed by atoms with Crippen LogP contribution in [0.3, 0.4) is 0 Å². The molecule has 32 nitrogen and oxygen atoms in total.